The van der Waals surface area contributed by atoms with Crippen molar-refractivity contribution in [2.24, 2.45) is 0 Å². The van der Waals surface area contributed by atoms with Crippen LogP contribution < -0.4 is 9.47 Å². The smallest absolute Gasteiger partial charge is 0.332 e. The molecular formula is C16H20O6. The summed E-state index contributed by atoms with van der Waals surface area (Å²) in [6.07, 6.45) is 1.44. The fourth-order valence-electron chi connectivity index (χ4n) is 1.53. The first-order valence-corrected chi connectivity index (χ1v) is 6.81. The monoisotopic (exact) mass is 308 g/mol. The molecule has 1 rings (SSSR count). The van der Waals surface area contributed by atoms with E-state index in [0.717, 1.165) is 0 Å². The van der Waals surface area contributed by atoms with Crippen LogP contribution in [0.4, 0.5) is 0 Å². The Balaban J connectivity index is 2.75. The predicted molar refractivity (Wildman–Crippen MR) is 80.4 cm³/mol. The predicted octanol–water partition coefficient (Wildman–Crippen LogP) is 2.67. The molecule has 1 aromatic rings. The number of hydrogen-bond donors (Lipinski definition) is 1. The minimum Gasteiger partial charge on any atom is -0.493 e. The molecule has 1 N–H and O–H groups in total. The van der Waals surface area contributed by atoms with E-state index in [0.29, 0.717) is 30.1 Å². The number of benzene rings is 1. The highest BCUT2D eigenvalue weighted by Crippen LogP contribution is 2.25. The fraction of sp³-hybridized carbons (Fsp3) is 0.375. The summed E-state index contributed by atoms with van der Waals surface area (Å²) < 4.78 is 15.8. The van der Waals surface area contributed by atoms with Gasteiger partial charge in [0, 0.05) is 6.07 Å². The second kappa shape index (κ2) is 8.84. The van der Waals surface area contributed by atoms with Gasteiger partial charge in [0.05, 0.1) is 12.2 Å². The number of carboxylic acids is 1. The number of carboxylic acid groups (broad SMARTS) is 1. The van der Waals surface area contributed by atoms with Crippen LogP contribution in [-0.4, -0.2) is 36.4 Å². The van der Waals surface area contributed by atoms with Crippen molar-refractivity contribution in [3.05, 3.63) is 36.4 Å². The molecule has 0 amide bonds. The van der Waals surface area contributed by atoms with Gasteiger partial charge in [0.2, 0.25) is 0 Å². The van der Waals surface area contributed by atoms with Gasteiger partial charge in [-0.3, -0.25) is 4.79 Å². The van der Waals surface area contributed by atoms with Crippen LogP contribution in [-0.2, 0) is 9.53 Å². The molecule has 1 atom stereocenters. The molecular weight excluding hydrogens is 288 g/mol. The van der Waals surface area contributed by atoms with Crippen molar-refractivity contribution in [1.29, 1.82) is 0 Å². The van der Waals surface area contributed by atoms with Gasteiger partial charge in [-0.15, -0.1) is 6.58 Å². The van der Waals surface area contributed by atoms with Gasteiger partial charge in [0.1, 0.15) is 11.5 Å². The van der Waals surface area contributed by atoms with Gasteiger partial charge >= 0.3 is 5.97 Å². The lowest BCUT2D eigenvalue weighted by Crippen LogP contribution is -2.22. The number of ether oxygens (including phenoxy) is 3. The largest absolute Gasteiger partial charge is 0.493 e. The molecule has 0 aromatic heterocycles. The molecule has 0 fully saturated rings. The van der Waals surface area contributed by atoms with Gasteiger partial charge < -0.3 is 19.3 Å². The maximum absolute atomic E-state index is 11.6. The number of carbonyl (C=O) groups excluding carboxylic acids is 1. The molecule has 6 heteroatoms. The molecule has 0 aliphatic rings. The van der Waals surface area contributed by atoms with Gasteiger partial charge in [0.15, 0.2) is 18.7 Å². The van der Waals surface area contributed by atoms with Crippen molar-refractivity contribution < 1.29 is 28.9 Å². The summed E-state index contributed by atoms with van der Waals surface area (Å²) in [6.45, 7) is 6.61. The third-order valence-corrected chi connectivity index (χ3v) is 2.80. The molecule has 1 aromatic carbocycles. The zero-order valence-electron chi connectivity index (χ0n) is 12.7. The maximum Gasteiger partial charge on any atom is 0.332 e. The van der Waals surface area contributed by atoms with E-state index < -0.39 is 12.1 Å². The summed E-state index contributed by atoms with van der Waals surface area (Å²) >= 11 is 0. The average molecular weight is 308 g/mol. The quantitative estimate of drug-likeness (QED) is 0.310. The summed E-state index contributed by atoms with van der Waals surface area (Å²) in [4.78, 5) is 22.2. The second-order valence-electron chi connectivity index (χ2n) is 4.55. The summed E-state index contributed by atoms with van der Waals surface area (Å²) in [6, 6.07) is 4.85. The Kier molecular flexibility index (Phi) is 7.12. The molecule has 0 heterocycles. The van der Waals surface area contributed by atoms with E-state index in [4.69, 9.17) is 19.3 Å². The van der Waals surface area contributed by atoms with Crippen molar-refractivity contribution in [3.63, 3.8) is 0 Å². The highest BCUT2D eigenvalue weighted by Gasteiger charge is 2.13. The normalized spacial score (nSPS) is 11.5. The van der Waals surface area contributed by atoms with E-state index in [1.54, 1.807) is 24.3 Å². The Bertz CT molecular complexity index is 537. The Labute approximate surface area is 129 Å². The summed E-state index contributed by atoms with van der Waals surface area (Å²) in [7, 11) is 0. The van der Waals surface area contributed by atoms with Gasteiger partial charge in [0.25, 0.3) is 0 Å². The van der Waals surface area contributed by atoms with Gasteiger partial charge in [-0.25, -0.2) is 4.79 Å². The van der Waals surface area contributed by atoms with Crippen LogP contribution in [0.25, 0.3) is 0 Å². The average Bonchev–Trinajstić information content (AvgIpc) is 2.47. The third-order valence-electron chi connectivity index (χ3n) is 2.80. The fourth-order valence-corrected chi connectivity index (χ4v) is 1.53. The van der Waals surface area contributed by atoms with E-state index in [9.17, 15) is 9.59 Å². The zero-order valence-corrected chi connectivity index (χ0v) is 12.7. The van der Waals surface area contributed by atoms with Crippen LogP contribution in [0.5, 0.6) is 11.5 Å². The van der Waals surface area contributed by atoms with Gasteiger partial charge in [-0.05, 0) is 32.4 Å². The number of hydrogen-bond acceptors (Lipinski definition) is 5. The Morgan fingerprint density at radius 1 is 1.36 bits per heavy atom. The van der Waals surface area contributed by atoms with E-state index >= 15 is 0 Å². The Hall–Kier alpha value is -2.34. The number of Topliss-reactive ketones (excluding diaryl/α,β-unsaturated/α-hetero) is 1. The van der Waals surface area contributed by atoms with E-state index in [1.165, 1.54) is 13.8 Å². The van der Waals surface area contributed by atoms with Crippen LogP contribution in [0, 0.1) is 0 Å². The first kappa shape index (κ1) is 17.7. The van der Waals surface area contributed by atoms with Gasteiger partial charge in [-0.2, -0.15) is 0 Å². The molecule has 0 saturated carbocycles. The van der Waals surface area contributed by atoms with E-state index in [-0.39, 0.29) is 12.6 Å². The minimum absolute atomic E-state index is 0.168. The highest BCUT2D eigenvalue weighted by atomic mass is 16.7. The first-order chi connectivity index (χ1) is 10.5. The third kappa shape index (κ3) is 5.57. The van der Waals surface area contributed by atoms with Crippen molar-refractivity contribution in [3.8, 4) is 11.5 Å². The Morgan fingerprint density at radius 2 is 2.09 bits per heavy atom. The molecule has 0 bridgehead atoms. The molecule has 1 unspecified atom stereocenters. The molecule has 120 valence electrons. The standard InChI is InChI=1S/C16H20O6/c1-4-5-8-20-13-6-7-14(11(2)17)15(9-13)22-10-21-12(3)16(18)19/h4,6-7,9,12H,1,5,8,10H2,2-3H3,(H,18,19). The lowest BCUT2D eigenvalue weighted by molar-refractivity contribution is -0.153. The number of carbonyl (C=O) groups is 2. The van der Waals surface area contributed by atoms with Crippen molar-refractivity contribution >= 4 is 11.8 Å². The molecule has 0 aliphatic heterocycles. The zero-order chi connectivity index (χ0) is 16.5. The van der Waals surface area contributed by atoms with E-state index in [2.05, 4.69) is 6.58 Å². The topological polar surface area (TPSA) is 82.1 Å². The van der Waals surface area contributed by atoms with Crippen LogP contribution in [0.2, 0.25) is 0 Å². The molecule has 22 heavy (non-hydrogen) atoms. The van der Waals surface area contributed by atoms with Crippen molar-refractivity contribution in [2.45, 2.75) is 26.4 Å². The molecule has 0 spiro atoms. The van der Waals surface area contributed by atoms with Crippen LogP contribution in [0.1, 0.15) is 30.6 Å². The van der Waals surface area contributed by atoms with Crippen LogP contribution in [0.15, 0.2) is 30.9 Å². The molecule has 0 radical (unpaired) electrons. The SMILES string of the molecule is C=CCCOc1ccc(C(C)=O)c(OCOC(C)C(=O)O)c1. The van der Waals surface area contributed by atoms with Gasteiger partial charge in [-0.1, -0.05) is 6.08 Å². The number of aliphatic carboxylic acids is 1. The molecule has 0 aliphatic carbocycles. The van der Waals surface area contributed by atoms with E-state index in [1.807, 2.05) is 0 Å². The maximum atomic E-state index is 11.6. The minimum atomic E-state index is -1.09. The van der Waals surface area contributed by atoms with Crippen molar-refractivity contribution in [1.82, 2.24) is 0 Å². The van der Waals surface area contributed by atoms with Crippen molar-refractivity contribution in [2.75, 3.05) is 13.4 Å². The van der Waals surface area contributed by atoms with Crippen LogP contribution in [0.3, 0.4) is 0 Å². The Morgan fingerprint density at radius 3 is 2.68 bits per heavy atom. The summed E-state index contributed by atoms with van der Waals surface area (Å²) in [5.41, 5.74) is 0.377. The lowest BCUT2D eigenvalue weighted by Gasteiger charge is -2.14. The summed E-state index contributed by atoms with van der Waals surface area (Å²) in [5, 5.41) is 8.72. The number of rotatable bonds is 10. The lowest BCUT2D eigenvalue weighted by atomic mass is 10.1. The second-order valence-corrected chi connectivity index (χ2v) is 4.55. The molecule has 0 saturated heterocycles. The molecule has 6 nitrogen and oxygen atoms in total. The van der Waals surface area contributed by atoms with Crippen LogP contribution >= 0.6 is 0 Å². The summed E-state index contributed by atoms with van der Waals surface area (Å²) in [5.74, 6) is -0.412. The first-order valence-electron chi connectivity index (χ1n) is 6.81. The highest BCUT2D eigenvalue weighted by molar-refractivity contribution is 5.97. The number of ketones is 1.